The minimum absolute atomic E-state index is 0.197. The fourth-order valence-electron chi connectivity index (χ4n) is 1.06. The summed E-state index contributed by atoms with van der Waals surface area (Å²) in [5, 5.41) is 0. The molecule has 3 heteroatoms. The third-order valence-electron chi connectivity index (χ3n) is 1.99. The van der Waals surface area contributed by atoms with E-state index >= 15 is 0 Å². The average Bonchev–Trinajstić information content (AvgIpc) is 2.28. The molecule has 62 valence electrons. The lowest BCUT2D eigenvalue weighted by molar-refractivity contribution is -0.136. The molecule has 0 aromatic carbocycles. The van der Waals surface area contributed by atoms with Crippen molar-refractivity contribution < 1.29 is 9.53 Å². The molecule has 0 saturated carbocycles. The second-order valence-electron chi connectivity index (χ2n) is 2.90. The molecule has 0 aromatic heterocycles. The van der Waals surface area contributed by atoms with E-state index in [9.17, 15) is 4.79 Å². The van der Waals surface area contributed by atoms with Crippen molar-refractivity contribution in [2.75, 3.05) is 0 Å². The average molecular weight is 155 g/mol. The Bertz CT molecular complexity index is 198. The molecule has 11 heavy (non-hydrogen) atoms. The van der Waals surface area contributed by atoms with E-state index in [0.717, 1.165) is 6.42 Å². The van der Waals surface area contributed by atoms with Crippen molar-refractivity contribution >= 4 is 11.9 Å². The molecule has 0 spiro atoms. The van der Waals surface area contributed by atoms with Crippen molar-refractivity contribution in [2.45, 2.75) is 33.2 Å². The van der Waals surface area contributed by atoms with Crippen LogP contribution in [0.5, 0.6) is 0 Å². The quantitative estimate of drug-likeness (QED) is 0.565. The second-order valence-corrected chi connectivity index (χ2v) is 2.90. The molecule has 0 fully saturated rings. The molecular formula is C8H13NO2. The topological polar surface area (TPSA) is 38.7 Å². The Kier molecular flexibility index (Phi) is 2.27. The maximum Gasteiger partial charge on any atom is 0.337 e. The van der Waals surface area contributed by atoms with Gasteiger partial charge in [-0.15, -0.1) is 0 Å². The lowest BCUT2D eigenvalue weighted by Crippen LogP contribution is -2.22. The molecule has 3 nitrogen and oxygen atoms in total. The summed E-state index contributed by atoms with van der Waals surface area (Å²) < 4.78 is 4.81. The number of hydrogen-bond acceptors (Lipinski definition) is 3. The summed E-state index contributed by atoms with van der Waals surface area (Å²) in [7, 11) is 0. The zero-order chi connectivity index (χ0) is 8.43. The summed E-state index contributed by atoms with van der Waals surface area (Å²) >= 11 is 0. The molecule has 0 aliphatic carbocycles. The Morgan fingerprint density at radius 2 is 2.36 bits per heavy atom. The number of ether oxygens (including phenoxy) is 1. The van der Waals surface area contributed by atoms with Crippen LogP contribution in [-0.2, 0) is 9.53 Å². The largest absolute Gasteiger partial charge is 0.411 e. The maximum atomic E-state index is 11.0. The van der Waals surface area contributed by atoms with E-state index in [4.69, 9.17) is 4.74 Å². The number of cyclic esters (lactones) is 1. The highest BCUT2D eigenvalue weighted by atomic mass is 16.6. The van der Waals surface area contributed by atoms with Crippen LogP contribution in [0.3, 0.4) is 0 Å². The van der Waals surface area contributed by atoms with E-state index < -0.39 is 0 Å². The van der Waals surface area contributed by atoms with E-state index in [2.05, 4.69) is 4.99 Å². The monoisotopic (exact) mass is 155 g/mol. The number of nitrogens with zero attached hydrogens (tertiary/aromatic N) is 1. The van der Waals surface area contributed by atoms with Gasteiger partial charge < -0.3 is 4.74 Å². The lowest BCUT2D eigenvalue weighted by atomic mass is 10.0. The highest BCUT2D eigenvalue weighted by Crippen LogP contribution is 2.17. The molecule has 0 N–H and O–H groups in total. The van der Waals surface area contributed by atoms with Gasteiger partial charge in [0.25, 0.3) is 0 Å². The number of esters is 1. The van der Waals surface area contributed by atoms with Crippen molar-refractivity contribution in [1.29, 1.82) is 0 Å². The summed E-state index contributed by atoms with van der Waals surface area (Å²) in [6.07, 6.45) is 0.955. The van der Waals surface area contributed by atoms with E-state index in [-0.39, 0.29) is 12.0 Å². The van der Waals surface area contributed by atoms with Gasteiger partial charge in [-0.2, -0.15) is 0 Å². The molecule has 1 aliphatic heterocycles. The fraction of sp³-hybridized carbons (Fsp3) is 0.750. The summed E-state index contributed by atoms with van der Waals surface area (Å²) in [5.41, 5.74) is 0. The van der Waals surface area contributed by atoms with Crippen molar-refractivity contribution in [2.24, 2.45) is 10.9 Å². The zero-order valence-corrected chi connectivity index (χ0v) is 7.13. The molecule has 0 saturated heterocycles. The number of carbonyl (C=O) groups excluding carboxylic acids is 1. The number of rotatable bonds is 2. The van der Waals surface area contributed by atoms with Crippen LogP contribution < -0.4 is 0 Å². The summed E-state index contributed by atoms with van der Waals surface area (Å²) in [6, 6.07) is -0.250. The van der Waals surface area contributed by atoms with E-state index in [1.807, 2.05) is 13.8 Å². The summed E-state index contributed by atoms with van der Waals surface area (Å²) in [6.45, 7) is 5.76. The highest BCUT2D eigenvalue weighted by Gasteiger charge is 2.30. The lowest BCUT2D eigenvalue weighted by Gasteiger charge is -2.09. The minimum Gasteiger partial charge on any atom is -0.411 e. The van der Waals surface area contributed by atoms with Gasteiger partial charge in [-0.1, -0.05) is 20.3 Å². The van der Waals surface area contributed by atoms with Gasteiger partial charge in [0.05, 0.1) is 0 Å². The van der Waals surface area contributed by atoms with Crippen LogP contribution in [0.4, 0.5) is 0 Å². The van der Waals surface area contributed by atoms with Crippen LogP contribution in [-0.4, -0.2) is 17.9 Å². The predicted octanol–water partition coefficient (Wildman–Crippen LogP) is 1.38. The number of aliphatic imine (C=N–C) groups is 1. The van der Waals surface area contributed by atoms with E-state index in [0.29, 0.717) is 11.8 Å². The van der Waals surface area contributed by atoms with Crippen LogP contribution in [0.1, 0.15) is 27.2 Å². The summed E-state index contributed by atoms with van der Waals surface area (Å²) in [5.74, 6) is 0.595. The first kappa shape index (κ1) is 8.24. The second kappa shape index (κ2) is 3.03. The van der Waals surface area contributed by atoms with Crippen LogP contribution in [0.2, 0.25) is 0 Å². The van der Waals surface area contributed by atoms with Crippen LogP contribution >= 0.6 is 0 Å². The standard InChI is InChI=1S/C8H13NO2/c1-4-5(2)7-8(10)11-6(3)9-7/h5,7H,4H2,1-3H3/t5-,7-/m0/s1. The normalized spacial score (nSPS) is 26.3. The summed E-state index contributed by atoms with van der Waals surface area (Å²) in [4.78, 5) is 15.1. The Morgan fingerprint density at radius 1 is 1.73 bits per heavy atom. The Balaban J connectivity index is 2.65. The number of carbonyl (C=O) groups is 1. The molecule has 0 aromatic rings. The molecule has 0 bridgehead atoms. The molecule has 0 amide bonds. The Morgan fingerprint density at radius 3 is 2.73 bits per heavy atom. The molecule has 1 heterocycles. The van der Waals surface area contributed by atoms with Crippen LogP contribution in [0.25, 0.3) is 0 Å². The van der Waals surface area contributed by atoms with E-state index in [1.54, 1.807) is 6.92 Å². The minimum atomic E-state index is -0.250. The molecule has 1 aliphatic rings. The van der Waals surface area contributed by atoms with Crippen molar-refractivity contribution in [1.82, 2.24) is 0 Å². The van der Waals surface area contributed by atoms with Gasteiger partial charge in [0.15, 0.2) is 11.9 Å². The van der Waals surface area contributed by atoms with Gasteiger partial charge in [0.2, 0.25) is 0 Å². The van der Waals surface area contributed by atoms with Gasteiger partial charge in [-0.05, 0) is 5.92 Å². The Labute approximate surface area is 66.5 Å². The molecule has 2 atom stereocenters. The molecular weight excluding hydrogens is 142 g/mol. The highest BCUT2D eigenvalue weighted by molar-refractivity contribution is 5.96. The van der Waals surface area contributed by atoms with Crippen LogP contribution in [0, 0.1) is 5.92 Å². The van der Waals surface area contributed by atoms with Gasteiger partial charge in [-0.25, -0.2) is 9.79 Å². The SMILES string of the molecule is CC[C@H](C)[C@@H]1N=C(C)OC1=O. The van der Waals surface area contributed by atoms with Gasteiger partial charge in [0.1, 0.15) is 0 Å². The maximum absolute atomic E-state index is 11.0. The fourth-order valence-corrected chi connectivity index (χ4v) is 1.06. The van der Waals surface area contributed by atoms with Gasteiger partial charge in [-0.3, -0.25) is 0 Å². The van der Waals surface area contributed by atoms with Gasteiger partial charge in [0, 0.05) is 6.92 Å². The van der Waals surface area contributed by atoms with Crippen molar-refractivity contribution in [3.63, 3.8) is 0 Å². The Hall–Kier alpha value is -0.860. The predicted molar refractivity (Wildman–Crippen MR) is 42.4 cm³/mol. The first-order valence-corrected chi connectivity index (χ1v) is 3.91. The van der Waals surface area contributed by atoms with Gasteiger partial charge >= 0.3 is 5.97 Å². The molecule has 1 rings (SSSR count). The first-order valence-electron chi connectivity index (χ1n) is 3.91. The van der Waals surface area contributed by atoms with Crippen molar-refractivity contribution in [3.8, 4) is 0 Å². The van der Waals surface area contributed by atoms with E-state index in [1.165, 1.54) is 0 Å². The van der Waals surface area contributed by atoms with Crippen molar-refractivity contribution in [3.05, 3.63) is 0 Å². The molecule has 0 radical (unpaired) electrons. The van der Waals surface area contributed by atoms with Crippen LogP contribution in [0.15, 0.2) is 4.99 Å². The molecule has 0 unspecified atom stereocenters. The smallest absolute Gasteiger partial charge is 0.337 e. The third-order valence-corrected chi connectivity index (χ3v) is 1.99. The third kappa shape index (κ3) is 1.59. The number of hydrogen-bond donors (Lipinski definition) is 0. The first-order chi connectivity index (χ1) is 5.15. The zero-order valence-electron chi connectivity index (χ0n) is 7.13.